The number of halogens is 2. The second-order valence-electron chi connectivity index (χ2n) is 7.06. The lowest BCUT2D eigenvalue weighted by molar-refractivity contribution is -0.151. The van der Waals surface area contributed by atoms with Crippen LogP contribution in [0.1, 0.15) is 37.1 Å². The molecule has 1 heterocycles. The van der Waals surface area contributed by atoms with E-state index in [4.69, 9.17) is 27.9 Å². The molecule has 0 saturated heterocycles. The first-order valence-corrected chi connectivity index (χ1v) is 10.1. The minimum absolute atomic E-state index is 0.00735. The van der Waals surface area contributed by atoms with Gasteiger partial charge in [0.1, 0.15) is 16.4 Å². The molecule has 0 spiro atoms. The molecule has 1 aromatic heterocycles. The van der Waals surface area contributed by atoms with Crippen LogP contribution in [0.15, 0.2) is 23.6 Å². The average Bonchev–Trinajstić information content (AvgIpc) is 2.92. The van der Waals surface area contributed by atoms with Gasteiger partial charge in [0.25, 0.3) is 0 Å². The molecule has 2 aromatic rings. The van der Waals surface area contributed by atoms with Gasteiger partial charge in [0.05, 0.1) is 11.4 Å². The van der Waals surface area contributed by atoms with E-state index in [9.17, 15) is 9.59 Å². The molecule has 144 valence electrons. The fourth-order valence-corrected chi connectivity index (χ4v) is 4.40. The van der Waals surface area contributed by atoms with Crippen LogP contribution in [0.25, 0.3) is 0 Å². The molecule has 1 amide bonds. The first kappa shape index (κ1) is 20.1. The molecule has 27 heavy (non-hydrogen) atoms. The first-order valence-electron chi connectivity index (χ1n) is 8.42. The number of amides is 1. The number of nitrogens with zero attached hydrogens (tertiary/aromatic N) is 2. The highest BCUT2D eigenvalue weighted by molar-refractivity contribution is 7.14. The number of benzene rings is 1. The minimum Gasteiger partial charge on any atom is -0.459 e. The number of alkyl halides is 2. The molecule has 1 fully saturated rings. The van der Waals surface area contributed by atoms with E-state index in [1.165, 1.54) is 18.3 Å². The Labute approximate surface area is 172 Å². The Balaban J connectivity index is 1.75. The summed E-state index contributed by atoms with van der Waals surface area (Å²) in [7, 11) is 0. The van der Waals surface area contributed by atoms with Gasteiger partial charge < -0.3 is 4.74 Å². The monoisotopic (exact) mass is 426 g/mol. The molecular formula is C19H20Cl2N2O3S. The summed E-state index contributed by atoms with van der Waals surface area (Å²) in [6.07, 6.45) is 0.370. The third kappa shape index (κ3) is 3.84. The molecule has 0 bridgehead atoms. The maximum atomic E-state index is 12.2. The maximum absolute atomic E-state index is 12.2. The molecule has 0 radical (unpaired) electrons. The molecule has 0 N–H and O–H groups in total. The fraction of sp³-hybridized carbons (Fsp3) is 0.421. The van der Waals surface area contributed by atoms with Crippen LogP contribution < -0.4 is 4.90 Å². The summed E-state index contributed by atoms with van der Waals surface area (Å²) < 4.78 is 4.26. The van der Waals surface area contributed by atoms with Crippen molar-refractivity contribution in [1.82, 2.24) is 4.98 Å². The highest BCUT2D eigenvalue weighted by Crippen LogP contribution is 2.64. The summed E-state index contributed by atoms with van der Waals surface area (Å²) >= 11 is 13.3. The fourth-order valence-electron chi connectivity index (χ4n) is 2.85. The summed E-state index contributed by atoms with van der Waals surface area (Å²) in [5.74, 6) is -0.584. The van der Waals surface area contributed by atoms with Gasteiger partial charge in [0.2, 0.25) is 5.91 Å². The Hall–Kier alpha value is -1.63. The van der Waals surface area contributed by atoms with Crippen LogP contribution >= 0.6 is 34.5 Å². The largest absolute Gasteiger partial charge is 0.459 e. The van der Waals surface area contributed by atoms with Crippen LogP contribution in [-0.2, 0) is 20.9 Å². The number of hydrogen-bond acceptors (Lipinski definition) is 5. The predicted octanol–water partition coefficient (Wildman–Crippen LogP) is 5.07. The van der Waals surface area contributed by atoms with E-state index >= 15 is 0 Å². The Morgan fingerprint density at radius 2 is 2.00 bits per heavy atom. The molecule has 1 unspecified atom stereocenters. The predicted molar refractivity (Wildman–Crippen MR) is 108 cm³/mol. The summed E-state index contributed by atoms with van der Waals surface area (Å²) in [5, 5.41) is 2.30. The molecule has 1 atom stereocenters. The molecule has 0 aliphatic heterocycles. The zero-order chi connectivity index (χ0) is 20.0. The van der Waals surface area contributed by atoms with Crippen LogP contribution in [0.2, 0.25) is 0 Å². The number of esters is 1. The number of carbonyl (C=O) groups is 2. The molecular weight excluding hydrogens is 407 g/mol. The van der Waals surface area contributed by atoms with Gasteiger partial charge in [-0.25, -0.2) is 4.98 Å². The van der Waals surface area contributed by atoms with Crippen molar-refractivity contribution >= 4 is 57.2 Å². The third-order valence-electron chi connectivity index (χ3n) is 4.70. The lowest BCUT2D eigenvalue weighted by atomic mass is 10.1. The molecule has 1 aliphatic rings. The Bertz CT molecular complexity index is 912. The average molecular weight is 427 g/mol. The van der Waals surface area contributed by atoms with Crippen LogP contribution in [0.3, 0.4) is 0 Å². The zero-order valence-electron chi connectivity index (χ0n) is 15.5. The number of aryl methyl sites for hydroxylation is 2. The number of rotatable bonds is 5. The van der Waals surface area contributed by atoms with E-state index in [-0.39, 0.29) is 12.5 Å². The lowest BCUT2D eigenvalue weighted by Gasteiger charge is -2.20. The van der Waals surface area contributed by atoms with Crippen molar-refractivity contribution in [3.63, 3.8) is 0 Å². The van der Waals surface area contributed by atoms with Gasteiger partial charge in [-0.2, -0.15) is 0 Å². The summed E-state index contributed by atoms with van der Waals surface area (Å²) in [6, 6.07) is 5.87. The molecule has 1 aliphatic carbocycles. The number of thiazole rings is 1. The van der Waals surface area contributed by atoms with Crippen molar-refractivity contribution in [3.8, 4) is 0 Å². The highest BCUT2D eigenvalue weighted by Gasteiger charge is 2.69. The van der Waals surface area contributed by atoms with Crippen molar-refractivity contribution in [2.45, 2.75) is 45.1 Å². The van der Waals surface area contributed by atoms with Gasteiger partial charge in [0, 0.05) is 18.7 Å². The molecule has 3 rings (SSSR count). The number of aromatic nitrogens is 1. The third-order valence-corrected chi connectivity index (χ3v) is 6.67. The van der Waals surface area contributed by atoms with Crippen molar-refractivity contribution in [2.75, 3.05) is 4.90 Å². The SMILES string of the molecule is CC(=O)N(c1nc(COC(=O)C2(C)CC2(Cl)Cl)cs1)c1ccc(C)cc1C. The van der Waals surface area contributed by atoms with Crippen LogP contribution in [0.4, 0.5) is 10.8 Å². The van der Waals surface area contributed by atoms with E-state index in [0.29, 0.717) is 17.2 Å². The van der Waals surface area contributed by atoms with Gasteiger partial charge in [-0.15, -0.1) is 34.5 Å². The topological polar surface area (TPSA) is 59.5 Å². The highest BCUT2D eigenvalue weighted by atomic mass is 35.5. The normalized spacial score (nSPS) is 20.2. The summed E-state index contributed by atoms with van der Waals surface area (Å²) in [5.41, 5.74) is 2.58. The van der Waals surface area contributed by atoms with Crippen LogP contribution in [0, 0.1) is 19.3 Å². The second kappa shape index (κ2) is 7.08. The summed E-state index contributed by atoms with van der Waals surface area (Å²) in [4.78, 5) is 30.5. The zero-order valence-corrected chi connectivity index (χ0v) is 17.8. The van der Waals surface area contributed by atoms with E-state index < -0.39 is 15.7 Å². The number of carbonyl (C=O) groups excluding carboxylic acids is 2. The maximum Gasteiger partial charge on any atom is 0.315 e. The van der Waals surface area contributed by atoms with Crippen LogP contribution in [-0.4, -0.2) is 21.2 Å². The van der Waals surface area contributed by atoms with E-state index in [2.05, 4.69) is 4.98 Å². The first-order chi connectivity index (χ1) is 12.5. The van der Waals surface area contributed by atoms with Gasteiger partial charge in [-0.3, -0.25) is 14.5 Å². The molecule has 5 nitrogen and oxygen atoms in total. The van der Waals surface area contributed by atoms with E-state index in [1.807, 2.05) is 32.0 Å². The smallest absolute Gasteiger partial charge is 0.315 e. The van der Waals surface area contributed by atoms with Gasteiger partial charge in [-0.05, 0) is 32.4 Å². The Morgan fingerprint density at radius 3 is 2.56 bits per heavy atom. The summed E-state index contributed by atoms with van der Waals surface area (Å²) in [6.45, 7) is 7.14. The second-order valence-corrected chi connectivity index (χ2v) is 9.38. The number of ether oxygens (including phenoxy) is 1. The quantitative estimate of drug-likeness (QED) is 0.494. The Kier molecular flexibility index (Phi) is 5.27. The molecule has 8 heteroatoms. The van der Waals surface area contributed by atoms with Crippen LogP contribution in [0.5, 0.6) is 0 Å². The molecule has 1 saturated carbocycles. The molecule has 1 aromatic carbocycles. The number of anilines is 2. The minimum atomic E-state index is -1.06. The standard InChI is InChI=1S/C19H20Cl2N2O3S/c1-11-5-6-15(12(2)7-11)23(13(3)24)17-22-14(9-27-17)8-26-16(25)18(4)10-19(18,20)21/h5-7,9H,8,10H2,1-4H3. The van der Waals surface area contributed by atoms with E-state index in [1.54, 1.807) is 17.2 Å². The van der Waals surface area contributed by atoms with Gasteiger partial charge in [-0.1, -0.05) is 17.7 Å². The number of hydrogen-bond donors (Lipinski definition) is 0. The van der Waals surface area contributed by atoms with Crippen molar-refractivity contribution in [1.29, 1.82) is 0 Å². The van der Waals surface area contributed by atoms with Crippen molar-refractivity contribution in [2.24, 2.45) is 5.41 Å². The van der Waals surface area contributed by atoms with E-state index in [0.717, 1.165) is 16.8 Å². The van der Waals surface area contributed by atoms with Crippen molar-refractivity contribution in [3.05, 3.63) is 40.4 Å². The lowest BCUT2D eigenvalue weighted by Crippen LogP contribution is -2.23. The van der Waals surface area contributed by atoms with Gasteiger partial charge >= 0.3 is 5.97 Å². The Morgan fingerprint density at radius 1 is 1.33 bits per heavy atom. The van der Waals surface area contributed by atoms with Crippen molar-refractivity contribution < 1.29 is 14.3 Å². The van der Waals surface area contributed by atoms with Gasteiger partial charge in [0.15, 0.2) is 5.13 Å².